The van der Waals surface area contributed by atoms with Gasteiger partial charge in [0.05, 0.1) is 5.52 Å². The topological polar surface area (TPSA) is 98.6 Å². The number of benzene rings is 3. The fraction of sp³-hybridized carbons (Fsp3) is 0.259. The predicted molar refractivity (Wildman–Crippen MR) is 135 cm³/mol. The van der Waals surface area contributed by atoms with Crippen LogP contribution in [0.15, 0.2) is 66.7 Å². The zero-order chi connectivity index (χ0) is 25.1. The average molecular weight is 486 g/mol. The van der Waals surface area contributed by atoms with Gasteiger partial charge in [-0.05, 0) is 48.7 Å². The third-order valence-corrected chi connectivity index (χ3v) is 6.33. The number of fused-ring (bicyclic) bond motifs is 2. The maximum atomic E-state index is 13.7. The number of para-hydroxylation sites is 1. The highest BCUT2D eigenvalue weighted by molar-refractivity contribution is 5.97. The molecule has 36 heavy (non-hydrogen) atoms. The molecule has 0 radical (unpaired) electrons. The van der Waals surface area contributed by atoms with Crippen LogP contribution < -0.4 is 14.8 Å². The second kappa shape index (κ2) is 10.1. The lowest BCUT2D eigenvalue weighted by Crippen LogP contribution is -2.48. The van der Waals surface area contributed by atoms with Crippen LogP contribution in [-0.4, -0.2) is 44.5 Å². The van der Waals surface area contributed by atoms with Gasteiger partial charge in [0.25, 0.3) is 0 Å². The quantitative estimate of drug-likeness (QED) is 0.406. The van der Waals surface area contributed by atoms with Crippen molar-refractivity contribution in [3.8, 4) is 11.5 Å². The smallest absolute Gasteiger partial charge is 0.247 e. The fourth-order valence-electron chi connectivity index (χ4n) is 4.34. The van der Waals surface area contributed by atoms with Gasteiger partial charge in [0.1, 0.15) is 18.1 Å². The molecule has 0 bridgehead atoms. The Morgan fingerprint density at radius 2 is 1.83 bits per heavy atom. The van der Waals surface area contributed by atoms with Crippen LogP contribution in [0.4, 0.5) is 5.69 Å². The van der Waals surface area contributed by atoms with E-state index in [0.717, 1.165) is 16.6 Å². The molecule has 0 aliphatic carbocycles. The van der Waals surface area contributed by atoms with E-state index in [1.165, 1.54) is 0 Å². The van der Waals surface area contributed by atoms with E-state index in [9.17, 15) is 9.59 Å². The first kappa shape index (κ1) is 23.3. The molecule has 0 saturated heterocycles. The Morgan fingerprint density at radius 3 is 2.67 bits per heavy atom. The van der Waals surface area contributed by atoms with Gasteiger partial charge in [-0.25, -0.2) is 4.68 Å². The molecule has 1 atom stereocenters. The number of anilines is 1. The minimum Gasteiger partial charge on any atom is -0.454 e. The summed E-state index contributed by atoms with van der Waals surface area (Å²) in [5.41, 5.74) is 4.08. The van der Waals surface area contributed by atoms with Gasteiger partial charge in [0, 0.05) is 18.3 Å². The normalized spacial score (nSPS) is 12.9. The number of hydrogen-bond donors (Lipinski definition) is 1. The minimum atomic E-state index is -0.697. The highest BCUT2D eigenvalue weighted by atomic mass is 16.7. The minimum absolute atomic E-state index is 0.0276. The van der Waals surface area contributed by atoms with E-state index in [1.54, 1.807) is 27.8 Å². The molecule has 2 heterocycles. The molecule has 4 aromatic rings. The number of rotatable bonds is 8. The molecule has 0 fully saturated rings. The Kier molecular flexibility index (Phi) is 6.53. The van der Waals surface area contributed by atoms with Crippen molar-refractivity contribution in [3.63, 3.8) is 0 Å². The summed E-state index contributed by atoms with van der Waals surface area (Å²) < 4.78 is 12.4. The molecule has 9 heteroatoms. The standard InChI is InChI=1S/C27H27N5O4/c1-3-22(27(34)28-20-12-13-24-25(14-20)36-17-35-24)31(15-19-9-5-4-8-18(19)2)26(33)16-32-23-11-7-6-10-21(23)29-30-32/h4-14,22H,3,15-17H2,1-2H3,(H,28,34)/t22-/m0/s1. The van der Waals surface area contributed by atoms with Crippen molar-refractivity contribution in [1.29, 1.82) is 0 Å². The molecule has 0 spiro atoms. The summed E-state index contributed by atoms with van der Waals surface area (Å²) in [6.45, 7) is 4.31. The number of aryl methyl sites for hydroxylation is 1. The van der Waals surface area contributed by atoms with E-state index in [1.807, 2.05) is 62.4 Å². The lowest BCUT2D eigenvalue weighted by molar-refractivity contribution is -0.140. The van der Waals surface area contributed by atoms with Crippen molar-refractivity contribution in [2.45, 2.75) is 39.4 Å². The molecule has 2 amide bonds. The number of carbonyl (C=O) groups excluding carboxylic acids is 2. The second-order valence-corrected chi connectivity index (χ2v) is 8.67. The maximum absolute atomic E-state index is 13.7. The largest absolute Gasteiger partial charge is 0.454 e. The van der Waals surface area contributed by atoms with Crippen molar-refractivity contribution >= 4 is 28.5 Å². The van der Waals surface area contributed by atoms with Crippen LogP contribution in [0.2, 0.25) is 0 Å². The summed E-state index contributed by atoms with van der Waals surface area (Å²) in [4.78, 5) is 28.8. The van der Waals surface area contributed by atoms with Crippen LogP contribution >= 0.6 is 0 Å². The zero-order valence-corrected chi connectivity index (χ0v) is 20.2. The number of nitrogens with one attached hydrogen (secondary N) is 1. The van der Waals surface area contributed by atoms with Gasteiger partial charge in [-0.2, -0.15) is 0 Å². The summed E-state index contributed by atoms with van der Waals surface area (Å²) in [5, 5.41) is 11.3. The first-order valence-electron chi connectivity index (χ1n) is 11.9. The summed E-state index contributed by atoms with van der Waals surface area (Å²) in [5.74, 6) is 0.714. The van der Waals surface area contributed by atoms with E-state index < -0.39 is 6.04 Å². The van der Waals surface area contributed by atoms with Crippen LogP contribution in [0.1, 0.15) is 24.5 Å². The van der Waals surface area contributed by atoms with Gasteiger partial charge in [-0.1, -0.05) is 48.5 Å². The highest BCUT2D eigenvalue weighted by Crippen LogP contribution is 2.34. The Balaban J connectivity index is 1.42. The molecule has 0 unspecified atom stereocenters. The third kappa shape index (κ3) is 4.72. The van der Waals surface area contributed by atoms with Crippen LogP contribution in [-0.2, 0) is 22.7 Å². The van der Waals surface area contributed by atoms with Crippen LogP contribution in [0.3, 0.4) is 0 Å². The van der Waals surface area contributed by atoms with E-state index in [0.29, 0.717) is 35.7 Å². The summed E-state index contributed by atoms with van der Waals surface area (Å²) in [7, 11) is 0. The Bertz CT molecular complexity index is 1420. The number of nitrogens with zero attached hydrogens (tertiary/aromatic N) is 4. The van der Waals surface area contributed by atoms with Gasteiger partial charge < -0.3 is 19.7 Å². The number of ether oxygens (including phenoxy) is 2. The van der Waals surface area contributed by atoms with E-state index in [4.69, 9.17) is 9.47 Å². The molecular formula is C27H27N5O4. The fourth-order valence-corrected chi connectivity index (χ4v) is 4.34. The zero-order valence-electron chi connectivity index (χ0n) is 20.2. The lowest BCUT2D eigenvalue weighted by atomic mass is 10.1. The predicted octanol–water partition coefficient (Wildman–Crippen LogP) is 3.91. The van der Waals surface area contributed by atoms with Gasteiger partial charge in [0.15, 0.2) is 11.5 Å². The molecule has 0 saturated carbocycles. The van der Waals surface area contributed by atoms with Gasteiger partial charge in [-0.15, -0.1) is 5.10 Å². The average Bonchev–Trinajstić information content (AvgIpc) is 3.52. The van der Waals surface area contributed by atoms with Crippen LogP contribution in [0, 0.1) is 6.92 Å². The third-order valence-electron chi connectivity index (χ3n) is 6.33. The molecule has 1 aliphatic rings. The molecule has 1 aromatic heterocycles. The second-order valence-electron chi connectivity index (χ2n) is 8.67. The Morgan fingerprint density at radius 1 is 1.06 bits per heavy atom. The van der Waals surface area contributed by atoms with Gasteiger partial charge in [-0.3, -0.25) is 9.59 Å². The number of aromatic nitrogens is 3. The maximum Gasteiger partial charge on any atom is 0.247 e. The molecule has 1 N–H and O–H groups in total. The molecule has 1 aliphatic heterocycles. The summed E-state index contributed by atoms with van der Waals surface area (Å²) in [6.07, 6.45) is 0.437. The van der Waals surface area contributed by atoms with Crippen molar-refractivity contribution in [2.75, 3.05) is 12.1 Å². The summed E-state index contributed by atoms with van der Waals surface area (Å²) >= 11 is 0. The van der Waals surface area contributed by atoms with Crippen LogP contribution in [0.25, 0.3) is 11.0 Å². The molecule has 184 valence electrons. The van der Waals surface area contributed by atoms with E-state index >= 15 is 0 Å². The first-order valence-corrected chi connectivity index (χ1v) is 11.9. The number of hydrogen-bond acceptors (Lipinski definition) is 6. The van der Waals surface area contributed by atoms with Crippen molar-refractivity contribution < 1.29 is 19.1 Å². The highest BCUT2D eigenvalue weighted by Gasteiger charge is 2.30. The number of carbonyl (C=O) groups is 2. The van der Waals surface area contributed by atoms with E-state index in [-0.39, 0.29) is 25.2 Å². The Labute approximate surface area is 208 Å². The SMILES string of the molecule is CC[C@@H](C(=O)Nc1ccc2c(c1)OCO2)N(Cc1ccccc1C)C(=O)Cn1nnc2ccccc21. The lowest BCUT2D eigenvalue weighted by Gasteiger charge is -2.31. The number of amides is 2. The van der Waals surface area contributed by atoms with Gasteiger partial charge in [0.2, 0.25) is 18.6 Å². The molecule has 5 rings (SSSR count). The first-order chi connectivity index (χ1) is 17.5. The molecule has 3 aromatic carbocycles. The van der Waals surface area contributed by atoms with Crippen molar-refractivity contribution in [1.82, 2.24) is 19.9 Å². The van der Waals surface area contributed by atoms with Crippen molar-refractivity contribution in [3.05, 3.63) is 77.9 Å². The van der Waals surface area contributed by atoms with E-state index in [2.05, 4.69) is 15.6 Å². The van der Waals surface area contributed by atoms with Crippen molar-refractivity contribution in [2.24, 2.45) is 0 Å². The molecule has 9 nitrogen and oxygen atoms in total. The van der Waals surface area contributed by atoms with Gasteiger partial charge >= 0.3 is 0 Å². The Hall–Kier alpha value is -4.40. The monoisotopic (exact) mass is 485 g/mol. The summed E-state index contributed by atoms with van der Waals surface area (Å²) in [6, 6.07) is 19.9. The van der Waals surface area contributed by atoms with Crippen LogP contribution in [0.5, 0.6) is 11.5 Å². The molecular weight excluding hydrogens is 458 g/mol.